The maximum absolute atomic E-state index is 12.8. The van der Waals surface area contributed by atoms with Crippen LogP contribution in [-0.2, 0) is 22.4 Å². The van der Waals surface area contributed by atoms with Crippen molar-refractivity contribution in [1.82, 2.24) is 5.32 Å². The number of methoxy groups -OCH3 is 1. The van der Waals surface area contributed by atoms with Crippen LogP contribution in [0.25, 0.3) is 11.0 Å². The van der Waals surface area contributed by atoms with Crippen LogP contribution < -0.4 is 20.4 Å². The lowest BCUT2D eigenvalue weighted by molar-refractivity contribution is -0.141. The number of benzene rings is 1. The van der Waals surface area contributed by atoms with Crippen LogP contribution in [0.15, 0.2) is 15.3 Å². The molecule has 0 bridgehead atoms. The molecule has 1 aliphatic heterocycles. The highest BCUT2D eigenvalue weighted by molar-refractivity contribution is 5.93. The van der Waals surface area contributed by atoms with Crippen molar-refractivity contribution >= 4 is 22.8 Å². The zero-order valence-electron chi connectivity index (χ0n) is 18.6. The molecule has 2 heterocycles. The summed E-state index contributed by atoms with van der Waals surface area (Å²) in [5.74, 6) is -0.535. The van der Waals surface area contributed by atoms with Gasteiger partial charge in [0.2, 0.25) is 5.91 Å². The summed E-state index contributed by atoms with van der Waals surface area (Å²) in [4.78, 5) is 36.6. The average molecular weight is 431 g/mol. The van der Waals surface area contributed by atoms with Gasteiger partial charge in [0.15, 0.2) is 0 Å². The van der Waals surface area contributed by atoms with Crippen LogP contribution in [0, 0.1) is 6.92 Å². The van der Waals surface area contributed by atoms with E-state index in [1.54, 1.807) is 13.0 Å². The first kappa shape index (κ1) is 22.7. The minimum atomic E-state index is -1.10. The van der Waals surface area contributed by atoms with E-state index in [4.69, 9.17) is 13.9 Å². The monoisotopic (exact) mass is 431 g/mol. The molecule has 8 heteroatoms. The Morgan fingerprint density at radius 1 is 1.35 bits per heavy atom. The highest BCUT2D eigenvalue weighted by Crippen LogP contribution is 2.43. The van der Waals surface area contributed by atoms with E-state index in [1.165, 1.54) is 7.11 Å². The van der Waals surface area contributed by atoms with E-state index in [9.17, 15) is 19.5 Å². The quantitative estimate of drug-likeness (QED) is 0.647. The van der Waals surface area contributed by atoms with Gasteiger partial charge in [0, 0.05) is 11.6 Å². The van der Waals surface area contributed by atoms with Gasteiger partial charge in [-0.1, -0.05) is 13.3 Å². The molecule has 2 N–H and O–H groups in total. The molecule has 8 nitrogen and oxygen atoms in total. The number of hydrogen-bond donors (Lipinski definition) is 2. The molecule has 0 aliphatic carbocycles. The van der Waals surface area contributed by atoms with Gasteiger partial charge in [-0.3, -0.25) is 4.79 Å². The van der Waals surface area contributed by atoms with Gasteiger partial charge in [-0.15, -0.1) is 0 Å². The zero-order chi connectivity index (χ0) is 22.9. The van der Waals surface area contributed by atoms with Crippen molar-refractivity contribution in [1.29, 1.82) is 0 Å². The molecule has 0 fully saturated rings. The molecule has 31 heavy (non-hydrogen) atoms. The van der Waals surface area contributed by atoms with E-state index in [-0.39, 0.29) is 17.6 Å². The molecule has 1 aromatic heterocycles. The second-order valence-corrected chi connectivity index (χ2v) is 8.54. The van der Waals surface area contributed by atoms with Gasteiger partial charge in [-0.05, 0) is 45.6 Å². The minimum Gasteiger partial charge on any atom is -0.496 e. The van der Waals surface area contributed by atoms with Gasteiger partial charge < -0.3 is 24.3 Å². The Balaban J connectivity index is 2.04. The number of carbonyl (C=O) groups excluding carboxylic acids is 1. The van der Waals surface area contributed by atoms with Gasteiger partial charge in [-0.25, -0.2) is 9.59 Å². The third kappa shape index (κ3) is 4.52. The number of rotatable bonds is 7. The van der Waals surface area contributed by atoms with Crippen molar-refractivity contribution in [2.24, 2.45) is 0 Å². The van der Waals surface area contributed by atoms with Crippen LogP contribution in [-0.4, -0.2) is 35.7 Å². The van der Waals surface area contributed by atoms with Crippen LogP contribution in [0.5, 0.6) is 11.5 Å². The van der Waals surface area contributed by atoms with Gasteiger partial charge >= 0.3 is 11.6 Å². The largest absolute Gasteiger partial charge is 0.496 e. The third-order valence-corrected chi connectivity index (χ3v) is 5.71. The lowest BCUT2D eigenvalue weighted by atomic mass is 9.91. The van der Waals surface area contributed by atoms with E-state index in [0.717, 1.165) is 12.0 Å². The Morgan fingerprint density at radius 2 is 2.06 bits per heavy atom. The van der Waals surface area contributed by atoms with Crippen LogP contribution in [0.4, 0.5) is 0 Å². The number of aliphatic carboxylic acids is 1. The normalized spacial score (nSPS) is 15.6. The summed E-state index contributed by atoms with van der Waals surface area (Å²) >= 11 is 0. The lowest BCUT2D eigenvalue weighted by Crippen LogP contribution is -2.42. The van der Waals surface area contributed by atoms with Crippen molar-refractivity contribution in [2.45, 2.75) is 71.4 Å². The second kappa shape index (κ2) is 8.61. The number of fused-ring (bicyclic) bond motifs is 3. The standard InChI is InChI=1S/C23H29NO7/c1-6-7-15(21(26)27)24-18(25)10-14-12(2)19-17(29-5)11-16-13(20(19)30-22(14)28)8-9-23(3,4)31-16/h11,15H,6-10H2,1-5H3,(H,24,25)(H,26,27)/t15-/m1/s1. The molecular formula is C23H29NO7. The Kier molecular flexibility index (Phi) is 6.29. The summed E-state index contributed by atoms with van der Waals surface area (Å²) < 4.78 is 17.3. The van der Waals surface area contributed by atoms with Crippen molar-refractivity contribution < 1.29 is 28.6 Å². The summed E-state index contributed by atoms with van der Waals surface area (Å²) in [6.07, 6.45) is 2.09. The molecule has 1 aliphatic rings. The first-order valence-electron chi connectivity index (χ1n) is 10.4. The predicted molar refractivity (Wildman–Crippen MR) is 115 cm³/mol. The van der Waals surface area contributed by atoms with Crippen LogP contribution in [0.3, 0.4) is 0 Å². The molecular weight excluding hydrogens is 402 g/mol. The smallest absolute Gasteiger partial charge is 0.340 e. The molecule has 1 atom stereocenters. The number of amides is 1. The number of carboxylic acids is 1. The van der Waals surface area contributed by atoms with E-state index in [2.05, 4.69) is 5.32 Å². The van der Waals surface area contributed by atoms with Crippen LogP contribution >= 0.6 is 0 Å². The Bertz CT molecular complexity index is 1080. The van der Waals surface area contributed by atoms with Gasteiger partial charge in [-0.2, -0.15) is 0 Å². The zero-order valence-corrected chi connectivity index (χ0v) is 18.6. The molecule has 168 valence electrons. The van der Waals surface area contributed by atoms with Crippen molar-refractivity contribution in [3.05, 3.63) is 33.2 Å². The third-order valence-electron chi connectivity index (χ3n) is 5.71. The van der Waals surface area contributed by atoms with E-state index in [0.29, 0.717) is 47.3 Å². The Hall–Kier alpha value is -3.03. The van der Waals surface area contributed by atoms with Crippen LogP contribution in [0.2, 0.25) is 0 Å². The second-order valence-electron chi connectivity index (χ2n) is 8.54. The first-order chi connectivity index (χ1) is 14.6. The Morgan fingerprint density at radius 3 is 2.68 bits per heavy atom. The summed E-state index contributed by atoms with van der Waals surface area (Å²) in [5, 5.41) is 12.4. The molecule has 2 aromatic rings. The predicted octanol–water partition coefficient (Wildman–Crippen LogP) is 3.13. The van der Waals surface area contributed by atoms with E-state index < -0.39 is 23.5 Å². The fourth-order valence-electron chi connectivity index (χ4n) is 4.00. The molecule has 0 saturated carbocycles. The highest BCUT2D eigenvalue weighted by atomic mass is 16.5. The number of hydrogen-bond acceptors (Lipinski definition) is 6. The maximum atomic E-state index is 12.8. The van der Waals surface area contributed by atoms with Crippen LogP contribution in [0.1, 0.15) is 56.7 Å². The topological polar surface area (TPSA) is 115 Å². The summed E-state index contributed by atoms with van der Waals surface area (Å²) in [7, 11) is 1.52. The van der Waals surface area contributed by atoms with Crippen molar-refractivity contribution in [3.63, 3.8) is 0 Å². The fraction of sp³-hybridized carbons (Fsp3) is 0.522. The van der Waals surface area contributed by atoms with Crippen molar-refractivity contribution in [3.8, 4) is 11.5 Å². The summed E-state index contributed by atoms with van der Waals surface area (Å²) in [6.45, 7) is 7.57. The Labute approximate surface area is 180 Å². The molecule has 3 rings (SSSR count). The van der Waals surface area contributed by atoms with Gasteiger partial charge in [0.05, 0.1) is 24.5 Å². The summed E-state index contributed by atoms with van der Waals surface area (Å²) in [5.41, 5.74) is 1.02. The molecule has 1 aromatic carbocycles. The molecule has 1 amide bonds. The highest BCUT2D eigenvalue weighted by Gasteiger charge is 2.31. The SMILES string of the molecule is CCC[C@@H](NC(=O)Cc1c(C)c2c(OC)cc3c(c2oc1=O)CCC(C)(C)O3)C(=O)O. The number of carbonyl (C=O) groups is 2. The summed E-state index contributed by atoms with van der Waals surface area (Å²) in [6, 6.07) is 0.796. The number of nitrogens with one attached hydrogen (secondary N) is 1. The number of aryl methyl sites for hydroxylation is 2. The molecule has 0 unspecified atom stereocenters. The lowest BCUT2D eigenvalue weighted by Gasteiger charge is -2.33. The number of ether oxygens (including phenoxy) is 2. The van der Waals surface area contributed by atoms with E-state index >= 15 is 0 Å². The average Bonchev–Trinajstić information content (AvgIpc) is 2.68. The molecule has 0 spiro atoms. The number of carboxylic acid groups (broad SMARTS) is 1. The van der Waals surface area contributed by atoms with E-state index in [1.807, 2.05) is 20.8 Å². The van der Waals surface area contributed by atoms with Crippen molar-refractivity contribution in [2.75, 3.05) is 7.11 Å². The first-order valence-corrected chi connectivity index (χ1v) is 10.4. The molecule has 0 radical (unpaired) electrons. The molecule has 0 saturated heterocycles. The fourth-order valence-corrected chi connectivity index (χ4v) is 4.00. The maximum Gasteiger partial charge on any atom is 0.340 e. The van der Waals surface area contributed by atoms with Gasteiger partial charge in [0.25, 0.3) is 0 Å². The minimum absolute atomic E-state index is 0.181. The van der Waals surface area contributed by atoms with Gasteiger partial charge in [0.1, 0.15) is 28.7 Å².